The van der Waals surface area contributed by atoms with Gasteiger partial charge in [-0.25, -0.2) is 14.7 Å². The van der Waals surface area contributed by atoms with Crippen LogP contribution < -0.4 is 10.2 Å². The largest absolute Gasteiger partial charge is 0.330 e. The van der Waals surface area contributed by atoms with Crippen molar-refractivity contribution < 1.29 is 22.6 Å². The Labute approximate surface area is 223 Å². The van der Waals surface area contributed by atoms with E-state index < -0.39 is 21.8 Å². The first-order chi connectivity index (χ1) is 18.3. The first kappa shape index (κ1) is 26.6. The second-order valence-electron chi connectivity index (χ2n) is 10.5. The number of hydrogen-bond donors (Lipinski definition) is 2. The Hall–Kier alpha value is -3.02. The molecule has 4 heterocycles. The van der Waals surface area contributed by atoms with Gasteiger partial charge >= 0.3 is 6.03 Å². The molecule has 1 aromatic heterocycles. The maximum absolute atomic E-state index is 14.1. The lowest BCUT2D eigenvalue weighted by Crippen LogP contribution is -2.46. The molecule has 2 fully saturated rings. The summed E-state index contributed by atoms with van der Waals surface area (Å²) in [6.07, 6.45) is 9.59. The normalized spacial score (nSPS) is 20.3. The van der Waals surface area contributed by atoms with Gasteiger partial charge in [0.15, 0.2) is 5.82 Å². The molecule has 0 bridgehead atoms. The van der Waals surface area contributed by atoms with Crippen LogP contribution in [-0.2, 0) is 15.9 Å². The number of fused-ring (bicyclic) bond motifs is 2. The Bertz CT molecular complexity index is 1290. The van der Waals surface area contributed by atoms with Crippen molar-refractivity contribution in [1.29, 1.82) is 0 Å². The highest BCUT2D eigenvalue weighted by Gasteiger charge is 2.36. The predicted molar refractivity (Wildman–Crippen MR) is 145 cm³/mol. The molecule has 2 N–H and O–H groups in total. The van der Waals surface area contributed by atoms with Crippen molar-refractivity contribution in [3.05, 3.63) is 47.7 Å². The van der Waals surface area contributed by atoms with E-state index in [0.717, 1.165) is 32.2 Å². The molecule has 3 aliphatic heterocycles. The average Bonchev–Trinajstić information content (AvgIpc) is 3.02. The lowest BCUT2D eigenvalue weighted by atomic mass is 9.93. The van der Waals surface area contributed by atoms with Crippen molar-refractivity contribution in [3.8, 4) is 0 Å². The minimum Gasteiger partial charge on any atom is -0.324 e. The fraction of sp³-hybridized carbons (Fsp3) is 0.519. The molecule has 1 aromatic carbocycles. The molecule has 1 unspecified atom stereocenters. The number of piperidine rings is 2. The highest BCUT2D eigenvalue weighted by Crippen LogP contribution is 2.39. The third-order valence-corrected chi connectivity index (χ3v) is 8.37. The number of likely N-dealkylation sites (tertiary alicyclic amines) is 2. The van der Waals surface area contributed by atoms with E-state index in [-0.39, 0.29) is 28.7 Å². The molecule has 5 rings (SSSR count). The van der Waals surface area contributed by atoms with E-state index >= 15 is 0 Å². The third-order valence-electron chi connectivity index (χ3n) is 7.70. The molecule has 1 atom stereocenters. The second kappa shape index (κ2) is 11.4. The molecule has 0 radical (unpaired) electrons. The number of benzene rings is 1. The molecule has 11 heteroatoms. The molecule has 0 saturated carbocycles. The highest BCUT2D eigenvalue weighted by molar-refractivity contribution is 7.85. The number of carbonyl (C=O) groups is 2. The monoisotopic (exact) mass is 541 g/mol. The zero-order valence-electron chi connectivity index (χ0n) is 21.5. The van der Waals surface area contributed by atoms with E-state index in [1.807, 2.05) is 4.90 Å². The lowest BCUT2D eigenvalue weighted by Gasteiger charge is -2.36. The van der Waals surface area contributed by atoms with Crippen LogP contribution in [0.3, 0.4) is 0 Å². The summed E-state index contributed by atoms with van der Waals surface area (Å²) in [7, 11) is -4.41. The van der Waals surface area contributed by atoms with Crippen LogP contribution in [0.4, 0.5) is 22.0 Å². The van der Waals surface area contributed by atoms with Gasteiger partial charge < -0.3 is 15.1 Å². The summed E-state index contributed by atoms with van der Waals surface area (Å²) in [6.45, 7) is 4.69. The molecular formula is C27H35N5O5S. The Morgan fingerprint density at radius 1 is 1.08 bits per heavy atom. The molecule has 38 heavy (non-hydrogen) atoms. The fourth-order valence-electron chi connectivity index (χ4n) is 5.92. The zero-order valence-corrected chi connectivity index (χ0v) is 22.3. The van der Waals surface area contributed by atoms with E-state index in [4.69, 9.17) is 0 Å². The first-order valence-electron chi connectivity index (χ1n) is 13.4. The number of amides is 3. The van der Waals surface area contributed by atoms with Crippen LogP contribution in [0.2, 0.25) is 0 Å². The van der Waals surface area contributed by atoms with Gasteiger partial charge in [0.1, 0.15) is 5.75 Å². The SMILES string of the molecule is O=C1Nc2cccnc2N(C(=O)N2CCCC(CCCN3CCCCC3)C2)c2cccc(CS(=O)(=O)O)c21. The van der Waals surface area contributed by atoms with Gasteiger partial charge in [-0.2, -0.15) is 8.42 Å². The van der Waals surface area contributed by atoms with Crippen molar-refractivity contribution >= 4 is 39.2 Å². The third kappa shape index (κ3) is 6.00. The number of nitrogens with one attached hydrogen (secondary N) is 1. The topological polar surface area (TPSA) is 123 Å². The van der Waals surface area contributed by atoms with Crippen molar-refractivity contribution in [1.82, 2.24) is 14.8 Å². The molecule has 3 amide bonds. The quantitative estimate of drug-likeness (QED) is 0.524. The number of anilines is 3. The smallest absolute Gasteiger partial charge is 0.324 e. The van der Waals surface area contributed by atoms with Crippen molar-refractivity contribution in [2.45, 2.75) is 50.7 Å². The van der Waals surface area contributed by atoms with Crippen LogP contribution in [0.5, 0.6) is 0 Å². The van der Waals surface area contributed by atoms with Gasteiger partial charge in [0.25, 0.3) is 16.0 Å². The molecule has 10 nitrogen and oxygen atoms in total. The van der Waals surface area contributed by atoms with Gasteiger partial charge in [-0.3, -0.25) is 9.35 Å². The summed E-state index contributed by atoms with van der Waals surface area (Å²) in [5.41, 5.74) is 0.752. The van der Waals surface area contributed by atoms with Gasteiger partial charge in [-0.05, 0) is 87.8 Å². The summed E-state index contributed by atoms with van der Waals surface area (Å²) < 4.78 is 32.9. The fourth-order valence-corrected chi connectivity index (χ4v) is 6.55. The van der Waals surface area contributed by atoms with E-state index in [0.29, 0.717) is 24.7 Å². The van der Waals surface area contributed by atoms with Crippen molar-refractivity contribution in [3.63, 3.8) is 0 Å². The molecule has 0 aliphatic carbocycles. The second-order valence-corrected chi connectivity index (χ2v) is 11.9. The van der Waals surface area contributed by atoms with E-state index in [2.05, 4.69) is 15.2 Å². The molecule has 204 valence electrons. The number of pyridine rings is 1. The number of carbonyl (C=O) groups excluding carboxylic acids is 2. The molecular weight excluding hydrogens is 506 g/mol. The molecule has 2 aromatic rings. The van der Waals surface area contributed by atoms with Crippen molar-refractivity contribution in [2.24, 2.45) is 5.92 Å². The van der Waals surface area contributed by atoms with E-state index in [1.54, 1.807) is 30.5 Å². The zero-order chi connectivity index (χ0) is 26.7. The summed E-state index contributed by atoms with van der Waals surface area (Å²) in [4.78, 5) is 37.5. The average molecular weight is 542 g/mol. The van der Waals surface area contributed by atoms with Crippen LogP contribution in [0.1, 0.15) is 60.9 Å². The van der Waals surface area contributed by atoms with Crippen LogP contribution in [0, 0.1) is 5.92 Å². The van der Waals surface area contributed by atoms with Crippen LogP contribution in [0.15, 0.2) is 36.5 Å². The standard InChI is InChI=1S/C27H35N5O5S/c33-26-24-21(19-38(35,36)37)10-4-12-23(24)32(25-22(29-26)11-5-13-28-25)27(34)31-17-7-9-20(18-31)8-6-16-30-14-2-1-3-15-30/h4-5,10-13,20H,1-3,6-9,14-19H2,(H,29,33)(H,35,36,37). The molecule has 3 aliphatic rings. The first-order valence-corrected chi connectivity index (χ1v) is 15.1. The van der Waals surface area contributed by atoms with Crippen molar-refractivity contribution in [2.75, 3.05) is 42.9 Å². The van der Waals surface area contributed by atoms with Gasteiger partial charge in [0.05, 0.1) is 16.9 Å². The van der Waals surface area contributed by atoms with Gasteiger partial charge in [0.2, 0.25) is 0 Å². The summed E-state index contributed by atoms with van der Waals surface area (Å²) in [5.74, 6) is -0.616. The predicted octanol–water partition coefficient (Wildman–Crippen LogP) is 4.27. The highest BCUT2D eigenvalue weighted by atomic mass is 32.2. The summed E-state index contributed by atoms with van der Waals surface area (Å²) in [5, 5.41) is 2.77. The minimum absolute atomic E-state index is 0.0339. The van der Waals surface area contributed by atoms with Crippen LogP contribution >= 0.6 is 0 Å². The van der Waals surface area contributed by atoms with Gasteiger partial charge in [-0.1, -0.05) is 18.6 Å². The minimum atomic E-state index is -4.41. The number of rotatable bonds is 6. The Kier molecular flexibility index (Phi) is 7.96. The number of hydrogen-bond acceptors (Lipinski definition) is 6. The Balaban J connectivity index is 1.40. The maximum atomic E-state index is 14.1. The molecule has 2 saturated heterocycles. The Morgan fingerprint density at radius 2 is 1.89 bits per heavy atom. The van der Waals surface area contributed by atoms with Crippen LogP contribution in [0.25, 0.3) is 0 Å². The number of nitrogens with zero attached hydrogens (tertiary/aromatic N) is 4. The number of urea groups is 1. The summed E-state index contributed by atoms with van der Waals surface area (Å²) >= 11 is 0. The maximum Gasteiger partial charge on any atom is 0.330 e. The number of aromatic nitrogens is 1. The summed E-state index contributed by atoms with van der Waals surface area (Å²) in [6, 6.07) is 7.69. The van der Waals surface area contributed by atoms with Gasteiger partial charge in [0, 0.05) is 19.3 Å². The Morgan fingerprint density at radius 3 is 2.68 bits per heavy atom. The lowest BCUT2D eigenvalue weighted by molar-refractivity contribution is 0.102. The van der Waals surface area contributed by atoms with E-state index in [1.165, 1.54) is 43.3 Å². The molecule has 0 spiro atoms. The van der Waals surface area contributed by atoms with Gasteiger partial charge in [-0.15, -0.1) is 0 Å². The van der Waals surface area contributed by atoms with Crippen LogP contribution in [-0.4, -0.2) is 72.4 Å². The van der Waals surface area contributed by atoms with E-state index in [9.17, 15) is 22.6 Å².